The Kier molecular flexibility index (Phi) is 3.27. The van der Waals surface area contributed by atoms with Crippen LogP contribution in [-0.4, -0.2) is 35.7 Å². The number of amides is 1. The lowest BCUT2D eigenvalue weighted by molar-refractivity contribution is -0.119. The molecule has 0 spiro atoms. The van der Waals surface area contributed by atoms with Gasteiger partial charge in [-0.25, -0.2) is 0 Å². The van der Waals surface area contributed by atoms with Crippen LogP contribution in [0.4, 0.5) is 0 Å². The summed E-state index contributed by atoms with van der Waals surface area (Å²) in [7, 11) is 0. The van der Waals surface area contributed by atoms with E-state index in [0.717, 1.165) is 0 Å². The van der Waals surface area contributed by atoms with Crippen LogP contribution in [0, 0.1) is 0 Å². The first-order chi connectivity index (χ1) is 6.03. The highest BCUT2D eigenvalue weighted by molar-refractivity contribution is 5.78. The van der Waals surface area contributed by atoms with Crippen molar-refractivity contribution in [2.45, 2.75) is 38.3 Å². The van der Waals surface area contributed by atoms with E-state index in [0.29, 0.717) is 25.9 Å². The molecule has 0 aromatic heterocycles. The molecule has 0 radical (unpaired) electrons. The maximum absolute atomic E-state index is 10.8. The number of carbonyl (C=O) groups is 1. The number of hydrogen-bond donors (Lipinski definition) is 3. The third-order valence-corrected chi connectivity index (χ3v) is 2.51. The molecule has 4 heteroatoms. The number of rotatable bonds is 4. The fourth-order valence-electron chi connectivity index (χ4n) is 1.24. The molecule has 0 saturated carbocycles. The summed E-state index contributed by atoms with van der Waals surface area (Å²) in [5.41, 5.74) is -0.661. The molecule has 0 bridgehead atoms. The second kappa shape index (κ2) is 4.07. The van der Waals surface area contributed by atoms with Crippen LogP contribution in [0.15, 0.2) is 0 Å². The van der Waals surface area contributed by atoms with Crippen molar-refractivity contribution in [3.05, 3.63) is 0 Å². The van der Waals surface area contributed by atoms with Gasteiger partial charge in [0.15, 0.2) is 0 Å². The van der Waals surface area contributed by atoms with Gasteiger partial charge < -0.3 is 15.7 Å². The normalized spacial score (nSPS) is 27.0. The molecule has 1 amide bonds. The standard InChI is InChI=1S/C9H18N2O2/c1-3-9(2,13)6-11-7-4-8(12)10-5-7/h7,11,13H,3-6H2,1-2H3,(H,10,12). The maximum atomic E-state index is 10.8. The zero-order chi connectivity index (χ0) is 9.90. The Morgan fingerprint density at radius 2 is 2.46 bits per heavy atom. The minimum Gasteiger partial charge on any atom is -0.389 e. The van der Waals surface area contributed by atoms with Crippen molar-refractivity contribution in [3.8, 4) is 0 Å². The van der Waals surface area contributed by atoms with Gasteiger partial charge in [-0.3, -0.25) is 4.79 Å². The Labute approximate surface area is 78.7 Å². The third kappa shape index (κ3) is 3.32. The van der Waals surface area contributed by atoms with E-state index < -0.39 is 5.60 Å². The topological polar surface area (TPSA) is 61.4 Å². The largest absolute Gasteiger partial charge is 0.389 e. The lowest BCUT2D eigenvalue weighted by atomic mass is 10.0. The SMILES string of the molecule is CCC(C)(O)CNC1CNC(=O)C1. The minimum atomic E-state index is -0.661. The van der Waals surface area contributed by atoms with E-state index in [1.54, 1.807) is 6.92 Å². The molecule has 2 unspecified atom stereocenters. The lowest BCUT2D eigenvalue weighted by Crippen LogP contribution is -2.42. The van der Waals surface area contributed by atoms with Gasteiger partial charge in [0.05, 0.1) is 5.60 Å². The molecular formula is C9H18N2O2. The van der Waals surface area contributed by atoms with Gasteiger partial charge in [-0.05, 0) is 13.3 Å². The molecule has 1 heterocycles. The second-order valence-electron chi connectivity index (χ2n) is 3.94. The van der Waals surface area contributed by atoms with Crippen LogP contribution in [-0.2, 0) is 4.79 Å². The first-order valence-corrected chi connectivity index (χ1v) is 4.76. The van der Waals surface area contributed by atoms with Crippen LogP contribution in [0.1, 0.15) is 26.7 Å². The molecule has 0 aromatic carbocycles. The maximum Gasteiger partial charge on any atom is 0.221 e. The molecule has 13 heavy (non-hydrogen) atoms. The Balaban J connectivity index is 2.23. The first-order valence-electron chi connectivity index (χ1n) is 4.76. The smallest absolute Gasteiger partial charge is 0.221 e. The molecule has 76 valence electrons. The average Bonchev–Trinajstić information content (AvgIpc) is 2.48. The highest BCUT2D eigenvalue weighted by Crippen LogP contribution is 2.08. The summed E-state index contributed by atoms with van der Waals surface area (Å²) in [6, 6.07) is 0.186. The quantitative estimate of drug-likeness (QED) is 0.561. The summed E-state index contributed by atoms with van der Waals surface area (Å²) >= 11 is 0. The van der Waals surface area contributed by atoms with E-state index in [9.17, 15) is 9.90 Å². The Morgan fingerprint density at radius 1 is 1.77 bits per heavy atom. The molecule has 1 aliphatic rings. The van der Waals surface area contributed by atoms with E-state index in [1.165, 1.54) is 0 Å². The van der Waals surface area contributed by atoms with Crippen molar-refractivity contribution in [2.24, 2.45) is 0 Å². The summed E-state index contributed by atoms with van der Waals surface area (Å²) in [6.07, 6.45) is 1.24. The van der Waals surface area contributed by atoms with Crippen LogP contribution < -0.4 is 10.6 Å². The van der Waals surface area contributed by atoms with Gasteiger partial charge in [-0.2, -0.15) is 0 Å². The lowest BCUT2D eigenvalue weighted by Gasteiger charge is -2.23. The summed E-state index contributed by atoms with van der Waals surface area (Å²) in [4.78, 5) is 10.8. The summed E-state index contributed by atoms with van der Waals surface area (Å²) in [6.45, 7) is 4.96. The van der Waals surface area contributed by atoms with Crippen LogP contribution in [0.5, 0.6) is 0 Å². The van der Waals surface area contributed by atoms with Crippen LogP contribution in [0.25, 0.3) is 0 Å². The monoisotopic (exact) mass is 186 g/mol. The predicted octanol–water partition coefficient (Wildman–Crippen LogP) is -0.374. The van der Waals surface area contributed by atoms with Gasteiger partial charge in [0.2, 0.25) is 5.91 Å². The molecule has 1 saturated heterocycles. The van der Waals surface area contributed by atoms with Crippen molar-refractivity contribution < 1.29 is 9.90 Å². The van der Waals surface area contributed by atoms with Crippen LogP contribution in [0.2, 0.25) is 0 Å². The van der Waals surface area contributed by atoms with Crippen molar-refractivity contribution >= 4 is 5.91 Å². The summed E-state index contributed by atoms with van der Waals surface area (Å²) < 4.78 is 0. The molecule has 4 nitrogen and oxygen atoms in total. The van der Waals surface area contributed by atoms with Gasteiger partial charge in [-0.1, -0.05) is 6.92 Å². The Bertz CT molecular complexity index is 192. The fraction of sp³-hybridized carbons (Fsp3) is 0.889. The predicted molar refractivity (Wildman–Crippen MR) is 50.3 cm³/mol. The van der Waals surface area contributed by atoms with E-state index in [4.69, 9.17) is 0 Å². The number of hydrogen-bond acceptors (Lipinski definition) is 3. The van der Waals surface area contributed by atoms with Gasteiger partial charge in [0.1, 0.15) is 0 Å². The molecule has 0 aromatic rings. The zero-order valence-electron chi connectivity index (χ0n) is 8.26. The molecular weight excluding hydrogens is 168 g/mol. The van der Waals surface area contributed by atoms with Crippen LogP contribution >= 0.6 is 0 Å². The Morgan fingerprint density at radius 3 is 2.92 bits per heavy atom. The highest BCUT2D eigenvalue weighted by atomic mass is 16.3. The van der Waals surface area contributed by atoms with Gasteiger partial charge in [0, 0.05) is 25.6 Å². The second-order valence-corrected chi connectivity index (χ2v) is 3.94. The van der Waals surface area contributed by atoms with E-state index in [2.05, 4.69) is 10.6 Å². The van der Waals surface area contributed by atoms with Crippen LogP contribution in [0.3, 0.4) is 0 Å². The van der Waals surface area contributed by atoms with Gasteiger partial charge in [0.25, 0.3) is 0 Å². The summed E-state index contributed by atoms with van der Waals surface area (Å²) in [5, 5.41) is 15.6. The highest BCUT2D eigenvalue weighted by Gasteiger charge is 2.24. The molecule has 1 aliphatic heterocycles. The number of carbonyl (C=O) groups excluding carboxylic acids is 1. The third-order valence-electron chi connectivity index (χ3n) is 2.51. The van der Waals surface area contributed by atoms with Crippen molar-refractivity contribution in [1.29, 1.82) is 0 Å². The van der Waals surface area contributed by atoms with Gasteiger partial charge in [-0.15, -0.1) is 0 Å². The zero-order valence-corrected chi connectivity index (χ0v) is 8.26. The van der Waals surface area contributed by atoms with Crippen molar-refractivity contribution in [2.75, 3.05) is 13.1 Å². The molecule has 0 aliphatic carbocycles. The van der Waals surface area contributed by atoms with Gasteiger partial charge >= 0.3 is 0 Å². The van der Waals surface area contributed by atoms with Crippen molar-refractivity contribution in [1.82, 2.24) is 10.6 Å². The first kappa shape index (κ1) is 10.5. The molecule has 3 N–H and O–H groups in total. The van der Waals surface area contributed by atoms with E-state index in [1.807, 2.05) is 6.92 Å². The van der Waals surface area contributed by atoms with E-state index >= 15 is 0 Å². The fourth-order valence-corrected chi connectivity index (χ4v) is 1.24. The summed E-state index contributed by atoms with van der Waals surface area (Å²) in [5.74, 6) is 0.0913. The number of nitrogens with one attached hydrogen (secondary N) is 2. The average molecular weight is 186 g/mol. The van der Waals surface area contributed by atoms with E-state index in [-0.39, 0.29) is 11.9 Å². The molecule has 2 atom stereocenters. The Hall–Kier alpha value is -0.610. The molecule has 1 rings (SSSR count). The van der Waals surface area contributed by atoms with Crippen molar-refractivity contribution in [3.63, 3.8) is 0 Å². The molecule has 1 fully saturated rings. The number of aliphatic hydroxyl groups is 1. The minimum absolute atomic E-state index is 0.0913.